The van der Waals surface area contributed by atoms with Gasteiger partial charge in [-0.15, -0.1) is 0 Å². The van der Waals surface area contributed by atoms with Gasteiger partial charge in [0.1, 0.15) is 51.9 Å². The quantitative estimate of drug-likeness (QED) is 0.221. The Bertz CT molecular complexity index is 1700. The van der Waals surface area contributed by atoms with Gasteiger partial charge in [-0.2, -0.15) is 0 Å². The number of benzene rings is 3. The predicted molar refractivity (Wildman–Crippen MR) is 145 cm³/mol. The molecule has 0 saturated carbocycles. The molecule has 0 bridgehead atoms. The molecule has 6 N–H and O–H groups in total. The molecule has 9 nitrogen and oxygen atoms in total. The fraction of sp³-hybridized carbons (Fsp3) is 0.258. The van der Waals surface area contributed by atoms with Crippen LogP contribution in [0.25, 0.3) is 17.0 Å². The van der Waals surface area contributed by atoms with E-state index in [0.29, 0.717) is 0 Å². The van der Waals surface area contributed by atoms with Crippen LogP contribution < -0.4 is 10.2 Å². The Morgan fingerprint density at radius 1 is 1.00 bits per heavy atom. The van der Waals surface area contributed by atoms with Crippen LogP contribution in [0, 0.1) is 0 Å². The van der Waals surface area contributed by atoms with Crippen molar-refractivity contribution in [2.75, 3.05) is 6.61 Å². The van der Waals surface area contributed by atoms with Gasteiger partial charge in [-0.1, -0.05) is 35.9 Å². The molecule has 0 spiro atoms. The second kappa shape index (κ2) is 9.71. The van der Waals surface area contributed by atoms with Crippen molar-refractivity contribution in [1.29, 1.82) is 0 Å². The van der Waals surface area contributed by atoms with Gasteiger partial charge < -0.3 is 39.8 Å². The molecule has 0 radical (unpaired) electrons. The lowest BCUT2D eigenvalue weighted by molar-refractivity contribution is -0.0962. The van der Waals surface area contributed by atoms with Crippen molar-refractivity contribution in [1.82, 2.24) is 0 Å². The Labute approximate surface area is 228 Å². The third-order valence-electron chi connectivity index (χ3n) is 7.83. The highest BCUT2D eigenvalue weighted by atomic mass is 16.5. The van der Waals surface area contributed by atoms with Crippen molar-refractivity contribution in [2.45, 2.75) is 43.5 Å². The average Bonchev–Trinajstić information content (AvgIpc) is 2.92. The van der Waals surface area contributed by atoms with Crippen LogP contribution in [0.15, 0.2) is 69.4 Å². The lowest BCUT2D eigenvalue weighted by Crippen LogP contribution is -2.54. The van der Waals surface area contributed by atoms with Gasteiger partial charge in [0.15, 0.2) is 11.0 Å². The number of aliphatic hydroxyl groups is 3. The van der Waals surface area contributed by atoms with Crippen LogP contribution in [0.1, 0.15) is 47.0 Å². The average molecular weight is 545 g/mol. The molecule has 2 aliphatic rings. The van der Waals surface area contributed by atoms with Gasteiger partial charge in [0.2, 0.25) is 0 Å². The van der Waals surface area contributed by atoms with Gasteiger partial charge in [0, 0.05) is 36.6 Å². The molecule has 0 amide bonds. The topological polar surface area (TPSA) is 161 Å². The molecule has 9 heteroatoms. The maximum Gasteiger partial charge on any atom is 0.196 e. The van der Waals surface area contributed by atoms with Gasteiger partial charge in [-0.25, -0.2) is 0 Å². The molecule has 0 unspecified atom stereocenters. The Morgan fingerprint density at radius 3 is 2.50 bits per heavy atom. The van der Waals surface area contributed by atoms with E-state index in [1.54, 1.807) is 0 Å². The van der Waals surface area contributed by atoms with E-state index in [9.17, 15) is 35.4 Å². The first-order chi connectivity index (χ1) is 19.2. The van der Waals surface area contributed by atoms with Crippen molar-refractivity contribution in [3.63, 3.8) is 0 Å². The van der Waals surface area contributed by atoms with E-state index in [0.717, 1.165) is 36.1 Å². The predicted octanol–water partition coefficient (Wildman–Crippen LogP) is 3.44. The summed E-state index contributed by atoms with van der Waals surface area (Å²) in [5, 5.41) is 62.9. The van der Waals surface area contributed by atoms with Crippen LogP contribution in [-0.4, -0.2) is 49.0 Å². The first-order valence-corrected chi connectivity index (χ1v) is 13.0. The molecule has 4 aromatic rings. The maximum atomic E-state index is 13.0. The highest BCUT2D eigenvalue weighted by molar-refractivity contribution is 5.87. The zero-order valence-corrected chi connectivity index (χ0v) is 21.4. The second-order valence-corrected chi connectivity index (χ2v) is 10.5. The Morgan fingerprint density at radius 2 is 1.75 bits per heavy atom. The molecule has 3 atom stereocenters. The molecule has 1 aliphatic heterocycles. The van der Waals surface area contributed by atoms with E-state index in [-0.39, 0.29) is 57.9 Å². The second-order valence-electron chi connectivity index (χ2n) is 10.5. The standard InChI is InChI=1S/C31H28O9/c32-15-31(14-16-5-6-17-3-1-2-4-18(17)7-16)27(36)11-22-24(40-31)13-25-28(30(22)38)23(35)12-26(39-25)29(37)19-8-20(33)10-21(34)9-19/h1-4,7-10,12-13,27,29,32-34,36-38H,5-6,11,14-15H2/t27-,29-,31+/m1/s1. The van der Waals surface area contributed by atoms with E-state index in [1.165, 1.54) is 23.8 Å². The third-order valence-corrected chi connectivity index (χ3v) is 7.83. The zero-order chi connectivity index (χ0) is 28.2. The van der Waals surface area contributed by atoms with Crippen LogP contribution >= 0.6 is 0 Å². The van der Waals surface area contributed by atoms with Crippen LogP contribution in [-0.2, 0) is 12.8 Å². The van der Waals surface area contributed by atoms with Crippen molar-refractivity contribution < 1.29 is 39.8 Å². The number of ether oxygens (including phenoxy) is 1. The summed E-state index contributed by atoms with van der Waals surface area (Å²) >= 11 is 0. The Balaban J connectivity index is 1.39. The SMILES string of the molecule is O=c1cc([C@H](O)c2cc(O)cc(O)c2)oc2cc3c(c(O)c12)C[C@@H](O)[C@@](CO)(CC1=Cc2ccccc2CC1)O3. The highest BCUT2D eigenvalue weighted by Gasteiger charge is 2.46. The third kappa shape index (κ3) is 4.38. The first-order valence-electron chi connectivity index (χ1n) is 13.0. The lowest BCUT2D eigenvalue weighted by atomic mass is 9.80. The molecular formula is C31H28O9. The minimum Gasteiger partial charge on any atom is -0.508 e. The largest absolute Gasteiger partial charge is 0.508 e. The van der Waals surface area contributed by atoms with Gasteiger partial charge in [-0.05, 0) is 41.7 Å². The minimum atomic E-state index is -1.51. The van der Waals surface area contributed by atoms with E-state index < -0.39 is 35.6 Å². The molecule has 206 valence electrons. The molecule has 40 heavy (non-hydrogen) atoms. The van der Waals surface area contributed by atoms with Crippen molar-refractivity contribution in [2.24, 2.45) is 0 Å². The number of fused-ring (bicyclic) bond motifs is 3. The Kier molecular flexibility index (Phi) is 6.29. The fourth-order valence-electron chi connectivity index (χ4n) is 5.73. The summed E-state index contributed by atoms with van der Waals surface area (Å²) in [6.45, 7) is -0.491. The van der Waals surface area contributed by atoms with E-state index >= 15 is 0 Å². The maximum absolute atomic E-state index is 13.0. The van der Waals surface area contributed by atoms with Gasteiger partial charge in [0.25, 0.3) is 0 Å². The van der Waals surface area contributed by atoms with Crippen molar-refractivity contribution in [3.05, 3.63) is 98.4 Å². The smallest absolute Gasteiger partial charge is 0.196 e. The first kappa shape index (κ1) is 25.9. The number of rotatable bonds is 5. The van der Waals surface area contributed by atoms with Gasteiger partial charge in [-0.3, -0.25) is 4.79 Å². The van der Waals surface area contributed by atoms with Crippen LogP contribution in [0.2, 0.25) is 0 Å². The number of hydrogen-bond acceptors (Lipinski definition) is 9. The number of aryl methyl sites for hydroxylation is 1. The van der Waals surface area contributed by atoms with Crippen LogP contribution in [0.5, 0.6) is 23.0 Å². The number of phenolic OH excluding ortho intramolecular Hbond substituents is 3. The summed E-state index contributed by atoms with van der Waals surface area (Å²) in [4.78, 5) is 13.0. The number of hydrogen-bond donors (Lipinski definition) is 6. The molecule has 1 aromatic heterocycles. The summed E-state index contributed by atoms with van der Waals surface area (Å²) in [6, 6.07) is 14.0. The normalized spacial score (nSPS) is 20.8. The summed E-state index contributed by atoms with van der Waals surface area (Å²) in [7, 11) is 0. The molecule has 1 aliphatic carbocycles. The monoisotopic (exact) mass is 544 g/mol. The highest BCUT2D eigenvalue weighted by Crippen LogP contribution is 2.45. The van der Waals surface area contributed by atoms with Gasteiger partial charge in [0.05, 0.1) is 6.61 Å². The van der Waals surface area contributed by atoms with Crippen molar-refractivity contribution in [3.8, 4) is 23.0 Å². The summed E-state index contributed by atoms with van der Waals surface area (Å²) in [5.41, 5.74) is 1.52. The summed E-state index contributed by atoms with van der Waals surface area (Å²) in [5.74, 6) is -1.02. The fourth-order valence-corrected chi connectivity index (χ4v) is 5.73. The van der Waals surface area contributed by atoms with Crippen molar-refractivity contribution >= 4 is 17.0 Å². The molecule has 0 fully saturated rings. The minimum absolute atomic E-state index is 0.0616. The van der Waals surface area contributed by atoms with E-state index in [4.69, 9.17) is 9.15 Å². The van der Waals surface area contributed by atoms with Crippen LogP contribution in [0.4, 0.5) is 0 Å². The molecule has 2 heterocycles. The number of phenols is 3. The summed E-state index contributed by atoms with van der Waals surface area (Å²) < 4.78 is 12.0. The molecule has 0 saturated heterocycles. The van der Waals surface area contributed by atoms with Gasteiger partial charge >= 0.3 is 0 Å². The Hall–Kier alpha value is -4.31. The van der Waals surface area contributed by atoms with E-state index in [1.807, 2.05) is 24.3 Å². The summed E-state index contributed by atoms with van der Waals surface area (Å²) in [6.07, 6.45) is 1.13. The van der Waals surface area contributed by atoms with E-state index in [2.05, 4.69) is 6.07 Å². The lowest BCUT2D eigenvalue weighted by Gasteiger charge is -2.42. The zero-order valence-electron chi connectivity index (χ0n) is 21.4. The van der Waals surface area contributed by atoms with Crippen LogP contribution in [0.3, 0.4) is 0 Å². The molecule has 6 rings (SSSR count). The number of aliphatic hydroxyl groups excluding tert-OH is 3. The molecular weight excluding hydrogens is 516 g/mol. The molecule has 3 aromatic carbocycles. The number of aromatic hydroxyl groups is 3.